The van der Waals surface area contributed by atoms with Gasteiger partial charge in [-0.05, 0) is 88.3 Å². The van der Waals surface area contributed by atoms with Crippen molar-refractivity contribution in [3.63, 3.8) is 0 Å². The molecule has 39 heavy (non-hydrogen) atoms. The molecular weight excluding hydrogens is 625 g/mol. The number of nitrogens with zero attached hydrogens (tertiary/aromatic N) is 3. The smallest absolute Gasteiger partial charge is 0.416 e. The van der Waals surface area contributed by atoms with Gasteiger partial charge in [0.05, 0.1) is 26.3 Å². The van der Waals surface area contributed by atoms with E-state index in [0.717, 1.165) is 25.9 Å². The number of hydrogen-bond acceptors (Lipinski definition) is 4. The number of rotatable bonds is 6. The van der Waals surface area contributed by atoms with E-state index in [1.807, 2.05) is 0 Å². The summed E-state index contributed by atoms with van der Waals surface area (Å²) in [5.41, 5.74) is 0.510. The monoisotopic (exact) mass is 643 g/mol. The average molecular weight is 643 g/mol. The predicted molar refractivity (Wildman–Crippen MR) is 149 cm³/mol. The fraction of sp³-hybridized carbons (Fsp3) is 0.0690. The molecule has 0 aliphatic heterocycles. The third kappa shape index (κ3) is 6.00. The summed E-state index contributed by atoms with van der Waals surface area (Å²) < 4.78 is 60.9. The highest BCUT2D eigenvalue weighted by Crippen LogP contribution is 2.32. The van der Waals surface area contributed by atoms with Gasteiger partial charge in [-0.1, -0.05) is 36.4 Å². The van der Waals surface area contributed by atoms with Crippen LogP contribution in [0.2, 0.25) is 0 Å². The largest absolute Gasteiger partial charge is 0.488 e. The predicted octanol–water partition coefficient (Wildman–Crippen LogP) is 7.29. The van der Waals surface area contributed by atoms with Crippen molar-refractivity contribution in [1.29, 1.82) is 0 Å². The topological polar surface area (TPSA) is 56.5 Å². The quantitative estimate of drug-likeness (QED) is 0.111. The highest BCUT2D eigenvalue weighted by molar-refractivity contribution is 14.1. The first-order valence-corrected chi connectivity index (χ1v) is 12.7. The van der Waals surface area contributed by atoms with Crippen LogP contribution in [-0.2, 0) is 12.8 Å². The normalized spacial score (nSPS) is 11.8. The fourth-order valence-electron chi connectivity index (χ4n) is 3.83. The maximum atomic E-state index is 13.4. The maximum Gasteiger partial charge on any atom is 0.416 e. The lowest BCUT2D eigenvalue weighted by molar-refractivity contribution is -0.137. The lowest BCUT2D eigenvalue weighted by Gasteiger charge is -2.12. The molecule has 0 spiro atoms. The Balaban J connectivity index is 1.49. The molecule has 5 nitrogen and oxygen atoms in total. The number of hydrogen-bond donors (Lipinski definition) is 0. The molecule has 0 saturated heterocycles. The molecule has 1 aromatic heterocycles. The molecule has 4 aromatic carbocycles. The van der Waals surface area contributed by atoms with Crippen LogP contribution in [-0.4, -0.2) is 15.9 Å². The molecule has 0 aliphatic carbocycles. The summed E-state index contributed by atoms with van der Waals surface area (Å²) in [6, 6.07) is 22.5. The second kappa shape index (κ2) is 11.0. The van der Waals surface area contributed by atoms with Crippen molar-refractivity contribution in [2.45, 2.75) is 12.8 Å². The second-order valence-corrected chi connectivity index (χ2v) is 9.66. The van der Waals surface area contributed by atoms with Gasteiger partial charge in [-0.3, -0.25) is 4.79 Å². The van der Waals surface area contributed by atoms with Crippen LogP contribution in [0.5, 0.6) is 5.75 Å². The zero-order chi connectivity index (χ0) is 27.6. The van der Waals surface area contributed by atoms with Gasteiger partial charge in [0.2, 0.25) is 0 Å². The highest BCUT2D eigenvalue weighted by Gasteiger charge is 2.31. The summed E-state index contributed by atoms with van der Waals surface area (Å²) in [5, 5.41) is 4.60. The van der Waals surface area contributed by atoms with E-state index in [-0.39, 0.29) is 29.2 Å². The Morgan fingerprint density at radius 3 is 2.46 bits per heavy atom. The van der Waals surface area contributed by atoms with Crippen molar-refractivity contribution < 1.29 is 22.3 Å². The summed E-state index contributed by atoms with van der Waals surface area (Å²) in [6.07, 6.45) is -3.13. The lowest BCUT2D eigenvalue weighted by Crippen LogP contribution is -2.20. The third-order valence-electron chi connectivity index (χ3n) is 5.79. The molecule has 0 bridgehead atoms. The van der Waals surface area contributed by atoms with E-state index in [4.69, 9.17) is 4.74 Å². The Morgan fingerprint density at radius 2 is 1.72 bits per heavy atom. The first kappa shape index (κ1) is 26.5. The fourth-order valence-corrected chi connectivity index (χ4v) is 4.53. The van der Waals surface area contributed by atoms with E-state index in [0.29, 0.717) is 16.8 Å². The number of alkyl halides is 3. The standard InChI is InChI=1S/C29H18F4IN3O2/c30-22-11-8-18(9-12-22)17-39-26-13-10-19(14-24(26)34)16-35-37-27(20-4-3-5-21(15-20)29(31,32)33)36-25-7-2-1-6-23(25)28(37)38/h1-16H,17H2. The zero-order valence-corrected chi connectivity index (χ0v) is 22.2. The van der Waals surface area contributed by atoms with Gasteiger partial charge in [-0.25, -0.2) is 9.37 Å². The van der Waals surface area contributed by atoms with Crippen LogP contribution in [0, 0.1) is 9.39 Å². The number of halogens is 5. The molecule has 5 rings (SSSR count). The number of fused-ring (bicyclic) bond motifs is 1. The first-order valence-electron chi connectivity index (χ1n) is 11.6. The molecule has 10 heteroatoms. The van der Waals surface area contributed by atoms with Crippen LogP contribution < -0.4 is 10.3 Å². The van der Waals surface area contributed by atoms with Gasteiger partial charge in [-0.2, -0.15) is 22.9 Å². The molecule has 0 unspecified atom stereocenters. The molecule has 0 saturated carbocycles. The maximum absolute atomic E-state index is 13.4. The van der Waals surface area contributed by atoms with E-state index in [9.17, 15) is 22.4 Å². The Kier molecular flexibility index (Phi) is 7.47. The molecule has 5 aromatic rings. The molecular formula is C29H18F4IN3O2. The minimum Gasteiger partial charge on any atom is -0.488 e. The minimum atomic E-state index is -4.56. The molecule has 0 N–H and O–H groups in total. The molecule has 0 aliphatic rings. The average Bonchev–Trinajstić information content (AvgIpc) is 2.92. The lowest BCUT2D eigenvalue weighted by atomic mass is 10.1. The van der Waals surface area contributed by atoms with Crippen LogP contribution in [0.25, 0.3) is 22.3 Å². The Hall–Kier alpha value is -4.06. The summed E-state index contributed by atoms with van der Waals surface area (Å²) in [6.45, 7) is 0.252. The van der Waals surface area contributed by atoms with E-state index in [1.165, 1.54) is 30.5 Å². The van der Waals surface area contributed by atoms with Crippen LogP contribution in [0.3, 0.4) is 0 Å². The van der Waals surface area contributed by atoms with Crippen LogP contribution in [0.15, 0.2) is 101 Å². The zero-order valence-electron chi connectivity index (χ0n) is 20.0. The van der Waals surface area contributed by atoms with E-state index in [1.54, 1.807) is 54.6 Å². The summed E-state index contributed by atoms with van der Waals surface area (Å²) in [4.78, 5) is 17.8. The molecule has 0 fully saturated rings. The van der Waals surface area contributed by atoms with Gasteiger partial charge in [0.25, 0.3) is 5.56 Å². The Morgan fingerprint density at radius 1 is 0.949 bits per heavy atom. The summed E-state index contributed by atoms with van der Waals surface area (Å²) in [7, 11) is 0. The van der Waals surface area contributed by atoms with Crippen molar-refractivity contribution in [1.82, 2.24) is 9.66 Å². The van der Waals surface area contributed by atoms with Crippen LogP contribution >= 0.6 is 22.6 Å². The number of para-hydroxylation sites is 1. The Bertz CT molecular complexity index is 1750. The minimum absolute atomic E-state index is 0.0185. The van der Waals surface area contributed by atoms with E-state index < -0.39 is 17.3 Å². The van der Waals surface area contributed by atoms with Crippen molar-refractivity contribution >= 4 is 39.7 Å². The van der Waals surface area contributed by atoms with Gasteiger partial charge in [-0.15, -0.1) is 0 Å². The Labute approximate surface area is 233 Å². The SMILES string of the molecule is O=c1c2ccccc2nc(-c2cccc(C(F)(F)F)c2)n1N=Cc1ccc(OCc2ccc(F)cc2)c(I)c1. The van der Waals surface area contributed by atoms with Gasteiger partial charge in [0.15, 0.2) is 5.82 Å². The third-order valence-corrected chi connectivity index (χ3v) is 6.63. The summed E-state index contributed by atoms with van der Waals surface area (Å²) in [5.74, 6) is 0.259. The van der Waals surface area contributed by atoms with Gasteiger partial charge >= 0.3 is 6.18 Å². The molecule has 0 radical (unpaired) electrons. The van der Waals surface area contributed by atoms with Gasteiger partial charge < -0.3 is 4.74 Å². The number of aromatic nitrogens is 2. The van der Waals surface area contributed by atoms with Crippen molar-refractivity contribution in [3.8, 4) is 17.1 Å². The molecule has 196 valence electrons. The highest BCUT2D eigenvalue weighted by atomic mass is 127. The first-order chi connectivity index (χ1) is 18.7. The van der Waals surface area contributed by atoms with Gasteiger partial charge in [0, 0.05) is 5.56 Å². The number of ether oxygens (including phenoxy) is 1. The van der Waals surface area contributed by atoms with Crippen LogP contribution in [0.4, 0.5) is 17.6 Å². The second-order valence-electron chi connectivity index (χ2n) is 8.50. The van der Waals surface area contributed by atoms with E-state index >= 15 is 0 Å². The summed E-state index contributed by atoms with van der Waals surface area (Å²) >= 11 is 2.10. The molecule has 0 atom stereocenters. The molecule has 1 heterocycles. The van der Waals surface area contributed by atoms with Crippen molar-refractivity contribution in [3.05, 3.63) is 127 Å². The van der Waals surface area contributed by atoms with Crippen molar-refractivity contribution in [2.75, 3.05) is 0 Å². The van der Waals surface area contributed by atoms with E-state index in [2.05, 4.69) is 32.7 Å². The van der Waals surface area contributed by atoms with Gasteiger partial charge in [0.1, 0.15) is 18.2 Å². The number of benzene rings is 4. The van der Waals surface area contributed by atoms with Crippen LogP contribution in [0.1, 0.15) is 16.7 Å². The molecule has 0 amide bonds. The van der Waals surface area contributed by atoms with Crippen molar-refractivity contribution in [2.24, 2.45) is 5.10 Å².